The van der Waals surface area contributed by atoms with Crippen molar-refractivity contribution in [3.8, 4) is 0 Å². The predicted molar refractivity (Wildman–Crippen MR) is 140 cm³/mol. The van der Waals surface area contributed by atoms with Gasteiger partial charge in [-0.15, -0.1) is 0 Å². The van der Waals surface area contributed by atoms with Crippen LogP contribution in [0.15, 0.2) is 59.7 Å². The average Bonchev–Trinajstić information content (AvgIpc) is 3.06. The molecule has 2 aromatic carbocycles. The number of halogens is 1. The highest BCUT2D eigenvalue weighted by molar-refractivity contribution is 5.85. The third-order valence-corrected chi connectivity index (χ3v) is 8.91. The molecule has 6 rings (SSSR count). The number of alkyl halides is 1. The highest BCUT2D eigenvalue weighted by Gasteiger charge is 2.36. The first-order valence-corrected chi connectivity index (χ1v) is 13.7. The molecule has 0 radical (unpaired) electrons. The normalized spacial score (nSPS) is 26.7. The first-order valence-electron chi connectivity index (χ1n) is 13.7. The first-order chi connectivity index (χ1) is 16.8. The molecule has 3 aliphatic carbocycles. The van der Waals surface area contributed by atoms with E-state index in [2.05, 4.69) is 59.5 Å². The van der Waals surface area contributed by atoms with E-state index in [9.17, 15) is 4.39 Å². The molecule has 4 aliphatic rings. The van der Waals surface area contributed by atoms with Crippen LogP contribution in [0.5, 0.6) is 0 Å². The van der Waals surface area contributed by atoms with E-state index < -0.39 is 0 Å². The molecule has 0 amide bonds. The van der Waals surface area contributed by atoms with Crippen LogP contribution in [0.1, 0.15) is 73.6 Å². The van der Waals surface area contributed by atoms with Crippen molar-refractivity contribution in [1.82, 2.24) is 4.90 Å². The van der Waals surface area contributed by atoms with Gasteiger partial charge in [0.25, 0.3) is 0 Å². The monoisotopic (exact) mass is 455 g/mol. The smallest absolute Gasteiger partial charge is 0.0906 e. The third kappa shape index (κ3) is 4.54. The molecule has 0 spiro atoms. The number of aryl methyl sites for hydroxylation is 1. The third-order valence-electron chi connectivity index (χ3n) is 8.91. The average molecular weight is 456 g/mol. The van der Waals surface area contributed by atoms with Gasteiger partial charge in [0.1, 0.15) is 0 Å². The van der Waals surface area contributed by atoms with E-state index in [0.29, 0.717) is 6.42 Å². The molecular weight excluding hydrogens is 417 g/mol. The molecule has 178 valence electrons. The van der Waals surface area contributed by atoms with Gasteiger partial charge in [0, 0.05) is 19.6 Å². The van der Waals surface area contributed by atoms with Crippen LogP contribution in [0.3, 0.4) is 0 Å². The lowest BCUT2D eigenvalue weighted by Gasteiger charge is -2.33. The Morgan fingerprint density at radius 2 is 1.65 bits per heavy atom. The molecule has 34 heavy (non-hydrogen) atoms. The molecule has 2 bridgehead atoms. The van der Waals surface area contributed by atoms with E-state index >= 15 is 0 Å². The molecule has 0 aromatic heterocycles. The van der Waals surface area contributed by atoms with Crippen molar-refractivity contribution in [3.63, 3.8) is 0 Å². The van der Waals surface area contributed by atoms with Crippen molar-refractivity contribution in [1.29, 1.82) is 0 Å². The Bertz CT molecular complexity index is 1060. The molecule has 3 fully saturated rings. The predicted octanol–water partition coefficient (Wildman–Crippen LogP) is 7.71. The topological polar surface area (TPSA) is 3.24 Å². The fraction of sp³-hybridized carbons (Fsp3) is 0.500. The second-order valence-electron chi connectivity index (χ2n) is 11.3. The molecule has 2 aromatic rings. The van der Waals surface area contributed by atoms with E-state index in [1.165, 1.54) is 79.2 Å². The zero-order chi connectivity index (χ0) is 22.9. The van der Waals surface area contributed by atoms with Gasteiger partial charge in [-0.1, -0.05) is 73.0 Å². The number of hydrogen-bond donors (Lipinski definition) is 0. The van der Waals surface area contributed by atoms with Crippen molar-refractivity contribution in [2.24, 2.45) is 17.8 Å². The summed E-state index contributed by atoms with van der Waals surface area (Å²) >= 11 is 0. The van der Waals surface area contributed by atoms with Crippen LogP contribution < -0.4 is 0 Å². The van der Waals surface area contributed by atoms with Gasteiger partial charge in [0.15, 0.2) is 0 Å². The van der Waals surface area contributed by atoms with Crippen molar-refractivity contribution >= 4 is 11.6 Å². The Labute approximate surface area is 204 Å². The molecule has 1 aliphatic heterocycles. The molecule has 1 heterocycles. The number of fused-ring (bicyclic) bond motifs is 3. The summed E-state index contributed by atoms with van der Waals surface area (Å²) in [5.41, 5.74) is 10.5. The van der Waals surface area contributed by atoms with E-state index in [1.54, 1.807) is 11.1 Å². The summed E-state index contributed by atoms with van der Waals surface area (Å²) in [6.07, 6.45) is 14.0. The van der Waals surface area contributed by atoms with Gasteiger partial charge in [-0.25, -0.2) is 0 Å². The zero-order valence-corrected chi connectivity index (χ0v) is 20.4. The highest BCUT2D eigenvalue weighted by atomic mass is 19.1. The van der Waals surface area contributed by atoms with Crippen LogP contribution in [-0.2, 0) is 6.42 Å². The van der Waals surface area contributed by atoms with E-state index in [0.717, 1.165) is 37.4 Å². The number of nitrogens with zero attached hydrogens (tertiary/aromatic N) is 1. The van der Waals surface area contributed by atoms with E-state index in [1.807, 2.05) is 0 Å². The van der Waals surface area contributed by atoms with Gasteiger partial charge in [-0.3, -0.25) is 9.29 Å². The van der Waals surface area contributed by atoms with Gasteiger partial charge in [-0.05, 0) is 96.1 Å². The Morgan fingerprint density at radius 1 is 0.882 bits per heavy atom. The lowest BCUT2D eigenvalue weighted by Crippen LogP contribution is -2.40. The molecule has 2 unspecified atom stereocenters. The van der Waals surface area contributed by atoms with Crippen LogP contribution >= 0.6 is 0 Å². The van der Waals surface area contributed by atoms with Crippen LogP contribution in [0, 0.1) is 17.8 Å². The molecule has 2 saturated carbocycles. The lowest BCUT2D eigenvalue weighted by atomic mass is 9.73. The second-order valence-corrected chi connectivity index (χ2v) is 11.3. The standard InChI is InChI=1S/C32H38FN/c33-15-4-16-34-21-26(22-34)17-23-11-13-28(14-12-23)32-30-7-2-1-5-27(30)6-3-8-31(32)29-19-24-9-10-25(18-24)20-29/h1-2,5,7,11-14,17,24-25,29H,3-4,6,8-10,15-16,18-22H2. The maximum Gasteiger partial charge on any atom is 0.0906 e. The number of allylic oxidation sites excluding steroid dienone is 1. The van der Waals surface area contributed by atoms with Crippen LogP contribution in [0.25, 0.3) is 11.6 Å². The minimum atomic E-state index is -0.208. The van der Waals surface area contributed by atoms with Gasteiger partial charge in [0.2, 0.25) is 0 Å². The van der Waals surface area contributed by atoms with Crippen molar-refractivity contribution in [3.05, 3.63) is 81.9 Å². The maximum absolute atomic E-state index is 12.4. The van der Waals surface area contributed by atoms with Crippen molar-refractivity contribution in [2.75, 3.05) is 26.3 Å². The van der Waals surface area contributed by atoms with E-state index in [4.69, 9.17) is 0 Å². The molecule has 0 N–H and O–H groups in total. The Kier molecular flexibility index (Phi) is 6.43. The fourth-order valence-corrected chi connectivity index (χ4v) is 7.33. The maximum atomic E-state index is 12.4. The summed E-state index contributed by atoms with van der Waals surface area (Å²) in [5, 5.41) is 0. The molecule has 2 atom stereocenters. The summed E-state index contributed by atoms with van der Waals surface area (Å²) in [5.74, 6) is 2.72. The van der Waals surface area contributed by atoms with Gasteiger partial charge >= 0.3 is 0 Å². The highest BCUT2D eigenvalue weighted by Crippen LogP contribution is 2.50. The Hall–Kier alpha value is -2.19. The van der Waals surface area contributed by atoms with Gasteiger partial charge in [0.05, 0.1) is 6.67 Å². The zero-order valence-electron chi connectivity index (χ0n) is 20.4. The number of rotatable bonds is 6. The molecule has 1 saturated heterocycles. The summed E-state index contributed by atoms with van der Waals surface area (Å²) < 4.78 is 12.4. The van der Waals surface area contributed by atoms with Crippen LogP contribution in [-0.4, -0.2) is 31.2 Å². The lowest BCUT2D eigenvalue weighted by molar-refractivity contribution is 0.239. The van der Waals surface area contributed by atoms with E-state index in [-0.39, 0.29) is 6.67 Å². The second kappa shape index (κ2) is 9.82. The van der Waals surface area contributed by atoms with Crippen molar-refractivity contribution < 1.29 is 4.39 Å². The van der Waals surface area contributed by atoms with Gasteiger partial charge < -0.3 is 0 Å². The minimum absolute atomic E-state index is 0.208. The number of benzene rings is 2. The molecule has 2 heteroatoms. The number of likely N-dealkylation sites (tertiary alicyclic amines) is 1. The summed E-state index contributed by atoms with van der Waals surface area (Å²) in [6, 6.07) is 18.6. The minimum Gasteiger partial charge on any atom is -0.295 e. The molecular formula is C32H38FN. The number of hydrogen-bond acceptors (Lipinski definition) is 1. The summed E-state index contributed by atoms with van der Waals surface area (Å²) in [6.45, 7) is 2.66. The van der Waals surface area contributed by atoms with Crippen LogP contribution in [0.2, 0.25) is 0 Å². The Balaban J connectivity index is 1.31. The van der Waals surface area contributed by atoms with Crippen LogP contribution in [0.4, 0.5) is 4.39 Å². The summed E-state index contributed by atoms with van der Waals surface area (Å²) in [7, 11) is 0. The Morgan fingerprint density at radius 3 is 2.41 bits per heavy atom. The first kappa shape index (κ1) is 22.3. The molecule has 1 nitrogen and oxygen atoms in total. The quantitative estimate of drug-likeness (QED) is 0.431. The SMILES string of the molecule is FCCCN1CC(=Cc2ccc(C3=C(C4CC5CCC(C5)C4)CCCc4ccccc43)cc2)C1. The fourth-order valence-electron chi connectivity index (χ4n) is 7.33. The summed E-state index contributed by atoms with van der Waals surface area (Å²) in [4.78, 5) is 2.33. The van der Waals surface area contributed by atoms with Crippen molar-refractivity contribution in [2.45, 2.75) is 57.8 Å². The van der Waals surface area contributed by atoms with Gasteiger partial charge in [-0.2, -0.15) is 0 Å². The largest absolute Gasteiger partial charge is 0.295 e.